The zero-order valence-electron chi connectivity index (χ0n) is 5.56. The molecule has 0 aliphatic heterocycles. The van der Waals surface area contributed by atoms with E-state index in [1.807, 2.05) is 0 Å². The van der Waals surface area contributed by atoms with Crippen molar-refractivity contribution in [3.05, 3.63) is 22.7 Å². The molecule has 6 heteroatoms. The number of aromatic nitrogens is 1. The lowest BCUT2D eigenvalue weighted by Crippen LogP contribution is -1.93. The molecule has 12 heavy (non-hydrogen) atoms. The van der Waals surface area contributed by atoms with Crippen LogP contribution >= 0.6 is 11.6 Å². The second-order valence-electron chi connectivity index (χ2n) is 1.97. The molecule has 0 bridgehead atoms. The van der Waals surface area contributed by atoms with E-state index in [0.717, 1.165) is 0 Å². The molecule has 66 valence electrons. The first-order valence-electron chi connectivity index (χ1n) is 2.85. The molecule has 0 fully saturated rings. The highest BCUT2D eigenvalue weighted by Gasteiger charge is 2.15. The molecule has 0 unspecified atom stereocenters. The van der Waals surface area contributed by atoms with Crippen molar-refractivity contribution in [2.24, 2.45) is 0 Å². The summed E-state index contributed by atoms with van der Waals surface area (Å²) >= 11 is 5.20. The lowest BCUT2D eigenvalue weighted by molar-refractivity contribution is 0.144. The van der Waals surface area contributed by atoms with Crippen LogP contribution in [0.3, 0.4) is 0 Å². The van der Waals surface area contributed by atoms with Crippen LogP contribution in [-0.4, -0.2) is 10.1 Å². The summed E-state index contributed by atoms with van der Waals surface area (Å²) in [4.78, 5) is 2.78. The van der Waals surface area contributed by atoms with Crippen molar-refractivity contribution in [3.8, 4) is 5.75 Å². The summed E-state index contributed by atoms with van der Waals surface area (Å²) in [5, 5.41) is 8.22. The van der Waals surface area contributed by atoms with Gasteiger partial charge in [-0.2, -0.15) is 4.39 Å². The molecular weight excluding hydrogens is 195 g/mol. The van der Waals surface area contributed by atoms with Gasteiger partial charge >= 0.3 is 0 Å². The number of alkyl halides is 2. The molecule has 0 saturated carbocycles. The van der Waals surface area contributed by atoms with E-state index in [0.29, 0.717) is 6.07 Å². The number of hydrogen-bond donors (Lipinski definition) is 1. The Hall–Kier alpha value is -0.970. The highest BCUT2D eigenvalue weighted by atomic mass is 35.5. The Bertz CT molecular complexity index is 282. The monoisotopic (exact) mass is 197 g/mol. The maximum atomic E-state index is 12.4. The lowest BCUT2D eigenvalue weighted by atomic mass is 10.3. The van der Waals surface area contributed by atoms with E-state index in [-0.39, 0.29) is 0 Å². The molecule has 0 amide bonds. The number of hydrogen-bond acceptors (Lipinski definition) is 2. The molecule has 0 atom stereocenters. The van der Waals surface area contributed by atoms with Crippen molar-refractivity contribution < 1.29 is 18.3 Å². The molecular formula is C6H3ClF3NO. The molecule has 0 radical (unpaired) electrons. The topological polar surface area (TPSA) is 33.1 Å². The van der Waals surface area contributed by atoms with Gasteiger partial charge in [0, 0.05) is 0 Å². The molecule has 0 spiro atoms. The van der Waals surface area contributed by atoms with Gasteiger partial charge in [-0.1, -0.05) is 11.6 Å². The standard InChI is InChI=1S/C6H3ClF3NO/c7-2-1-3(5(8)9)11-6(10)4(2)12/h1,5,12H. The predicted octanol–water partition coefficient (Wildman–Crippen LogP) is 2.52. The van der Waals surface area contributed by atoms with Gasteiger partial charge < -0.3 is 5.11 Å². The first-order valence-corrected chi connectivity index (χ1v) is 3.23. The maximum Gasteiger partial charge on any atom is 0.280 e. The van der Waals surface area contributed by atoms with Crippen LogP contribution in [0.15, 0.2) is 6.07 Å². The summed E-state index contributed by atoms with van der Waals surface area (Å²) in [5.41, 5.74) is -0.796. The zero-order valence-corrected chi connectivity index (χ0v) is 6.32. The van der Waals surface area contributed by atoms with Crippen molar-refractivity contribution in [2.45, 2.75) is 6.43 Å². The van der Waals surface area contributed by atoms with Gasteiger partial charge in [0.2, 0.25) is 0 Å². The molecule has 1 rings (SSSR count). The van der Waals surface area contributed by atoms with Crippen molar-refractivity contribution >= 4 is 11.6 Å². The van der Waals surface area contributed by atoms with Crippen LogP contribution in [0, 0.1) is 5.95 Å². The van der Waals surface area contributed by atoms with Crippen LogP contribution in [0.4, 0.5) is 13.2 Å². The highest BCUT2D eigenvalue weighted by Crippen LogP contribution is 2.28. The average Bonchev–Trinajstić information content (AvgIpc) is 1.99. The third kappa shape index (κ3) is 1.61. The van der Waals surface area contributed by atoms with Gasteiger partial charge in [-0.15, -0.1) is 0 Å². The Kier molecular flexibility index (Phi) is 2.42. The third-order valence-electron chi connectivity index (χ3n) is 1.15. The fraction of sp³-hybridized carbons (Fsp3) is 0.167. The van der Waals surface area contributed by atoms with Gasteiger partial charge in [-0.05, 0) is 6.07 Å². The smallest absolute Gasteiger partial charge is 0.280 e. The number of aromatic hydroxyl groups is 1. The minimum atomic E-state index is -2.91. The molecule has 0 aliphatic rings. The van der Waals surface area contributed by atoms with E-state index in [9.17, 15) is 13.2 Å². The predicted molar refractivity (Wildman–Crippen MR) is 35.8 cm³/mol. The summed E-state index contributed by atoms with van der Waals surface area (Å²) in [5.74, 6) is -2.31. The second kappa shape index (κ2) is 3.18. The van der Waals surface area contributed by atoms with Gasteiger partial charge in [-0.3, -0.25) is 0 Å². The summed E-state index contributed by atoms with van der Waals surface area (Å²) in [6.45, 7) is 0. The van der Waals surface area contributed by atoms with Crippen molar-refractivity contribution in [1.82, 2.24) is 4.98 Å². The summed E-state index contributed by atoms with van der Waals surface area (Å²) in [7, 11) is 0. The summed E-state index contributed by atoms with van der Waals surface area (Å²) in [6.07, 6.45) is -2.91. The molecule has 0 aliphatic carbocycles. The van der Waals surface area contributed by atoms with Crippen molar-refractivity contribution in [3.63, 3.8) is 0 Å². The number of pyridine rings is 1. The first kappa shape index (κ1) is 9.12. The SMILES string of the molecule is Oc1c(Cl)cc(C(F)F)nc1F. The van der Waals surface area contributed by atoms with Crippen LogP contribution in [0.5, 0.6) is 5.75 Å². The Morgan fingerprint density at radius 3 is 2.50 bits per heavy atom. The van der Waals surface area contributed by atoms with Gasteiger partial charge in [-0.25, -0.2) is 13.8 Å². The van der Waals surface area contributed by atoms with Gasteiger partial charge in [0.1, 0.15) is 5.69 Å². The molecule has 1 N–H and O–H groups in total. The normalized spacial score (nSPS) is 10.8. The third-order valence-corrected chi connectivity index (χ3v) is 1.44. The Balaban J connectivity index is 3.21. The van der Waals surface area contributed by atoms with Gasteiger partial charge in [0.25, 0.3) is 12.4 Å². The minimum absolute atomic E-state index is 0.474. The maximum absolute atomic E-state index is 12.4. The van der Waals surface area contributed by atoms with Crippen LogP contribution < -0.4 is 0 Å². The Morgan fingerprint density at radius 2 is 2.08 bits per heavy atom. The van der Waals surface area contributed by atoms with E-state index in [2.05, 4.69) is 4.98 Å². The Labute approximate surface area is 70.6 Å². The van der Waals surface area contributed by atoms with E-state index in [1.54, 1.807) is 0 Å². The van der Waals surface area contributed by atoms with Crippen molar-refractivity contribution in [2.75, 3.05) is 0 Å². The van der Waals surface area contributed by atoms with Gasteiger partial charge in [0.15, 0.2) is 5.75 Å². The summed E-state index contributed by atoms with van der Waals surface area (Å²) in [6, 6.07) is 0.713. The fourth-order valence-electron chi connectivity index (χ4n) is 0.607. The van der Waals surface area contributed by atoms with E-state index in [4.69, 9.17) is 16.7 Å². The lowest BCUT2D eigenvalue weighted by Gasteiger charge is -2.01. The fourth-order valence-corrected chi connectivity index (χ4v) is 0.797. The highest BCUT2D eigenvalue weighted by molar-refractivity contribution is 6.32. The molecule has 0 aromatic carbocycles. The van der Waals surface area contributed by atoms with Crippen molar-refractivity contribution in [1.29, 1.82) is 0 Å². The second-order valence-corrected chi connectivity index (χ2v) is 2.38. The molecule has 1 heterocycles. The van der Waals surface area contributed by atoms with E-state index < -0.39 is 28.8 Å². The van der Waals surface area contributed by atoms with Crippen LogP contribution in [0.25, 0.3) is 0 Å². The van der Waals surface area contributed by atoms with Crippen LogP contribution in [0.1, 0.15) is 12.1 Å². The quantitative estimate of drug-likeness (QED) is 0.702. The van der Waals surface area contributed by atoms with E-state index in [1.165, 1.54) is 0 Å². The number of rotatable bonds is 1. The average molecular weight is 198 g/mol. The molecule has 1 aromatic rings. The van der Waals surface area contributed by atoms with Crippen LogP contribution in [-0.2, 0) is 0 Å². The van der Waals surface area contributed by atoms with E-state index >= 15 is 0 Å². The minimum Gasteiger partial charge on any atom is -0.503 e. The number of nitrogens with zero attached hydrogens (tertiary/aromatic N) is 1. The van der Waals surface area contributed by atoms with Gasteiger partial charge in [0.05, 0.1) is 5.02 Å². The first-order chi connectivity index (χ1) is 5.52. The Morgan fingerprint density at radius 1 is 1.50 bits per heavy atom. The molecule has 0 saturated heterocycles. The molecule has 2 nitrogen and oxygen atoms in total. The number of halogens is 4. The molecule has 1 aromatic heterocycles. The summed E-state index contributed by atoms with van der Waals surface area (Å²) < 4.78 is 36.2. The largest absolute Gasteiger partial charge is 0.503 e. The van der Waals surface area contributed by atoms with Crippen LogP contribution in [0.2, 0.25) is 5.02 Å². The zero-order chi connectivity index (χ0) is 9.30.